The minimum absolute atomic E-state index is 0.248. The summed E-state index contributed by atoms with van der Waals surface area (Å²) in [4.78, 5) is 9.49. The van der Waals surface area contributed by atoms with Crippen molar-refractivity contribution in [2.45, 2.75) is 31.5 Å². The number of likely N-dealkylation sites (tertiary alicyclic amines) is 1. The molecular formula is C24H32N4O. The van der Waals surface area contributed by atoms with E-state index in [-0.39, 0.29) is 6.10 Å². The number of rotatable bonds is 5. The third-order valence-corrected chi connectivity index (χ3v) is 6.09. The maximum absolute atomic E-state index is 6.12. The average molecular weight is 393 g/mol. The van der Waals surface area contributed by atoms with Crippen molar-refractivity contribution in [1.82, 2.24) is 15.1 Å². The number of nitrogens with one attached hydrogen (secondary N) is 1. The van der Waals surface area contributed by atoms with Crippen LogP contribution in [0, 0.1) is 0 Å². The Labute approximate surface area is 174 Å². The van der Waals surface area contributed by atoms with Crippen LogP contribution in [0.4, 0.5) is 0 Å². The second-order valence-electron chi connectivity index (χ2n) is 8.08. The lowest BCUT2D eigenvalue weighted by Crippen LogP contribution is -2.50. The molecule has 2 aliphatic heterocycles. The first kappa shape index (κ1) is 19.9. The van der Waals surface area contributed by atoms with Crippen LogP contribution in [0.15, 0.2) is 65.7 Å². The molecule has 3 atom stereocenters. The van der Waals surface area contributed by atoms with E-state index in [4.69, 9.17) is 4.74 Å². The number of ether oxygens (including phenoxy) is 1. The van der Waals surface area contributed by atoms with Crippen LogP contribution in [0.1, 0.15) is 24.0 Å². The fourth-order valence-electron chi connectivity index (χ4n) is 4.42. The molecule has 2 aromatic rings. The van der Waals surface area contributed by atoms with Gasteiger partial charge in [0.2, 0.25) is 0 Å². The summed E-state index contributed by atoms with van der Waals surface area (Å²) in [6.45, 7) is 7.75. The second kappa shape index (κ2) is 9.42. The van der Waals surface area contributed by atoms with E-state index in [1.165, 1.54) is 11.1 Å². The highest BCUT2D eigenvalue weighted by Crippen LogP contribution is 2.25. The van der Waals surface area contributed by atoms with Crippen LogP contribution >= 0.6 is 0 Å². The third-order valence-electron chi connectivity index (χ3n) is 6.09. The van der Waals surface area contributed by atoms with Gasteiger partial charge in [-0.15, -0.1) is 0 Å². The van der Waals surface area contributed by atoms with Gasteiger partial charge in [0.15, 0.2) is 5.96 Å². The number of fused-ring (bicyclic) bond motifs is 1. The maximum atomic E-state index is 6.12. The fourth-order valence-corrected chi connectivity index (χ4v) is 4.42. The molecule has 5 nitrogen and oxygen atoms in total. The van der Waals surface area contributed by atoms with Crippen LogP contribution in [0.3, 0.4) is 0 Å². The molecule has 29 heavy (non-hydrogen) atoms. The molecule has 2 fully saturated rings. The van der Waals surface area contributed by atoms with Gasteiger partial charge in [-0.25, -0.2) is 0 Å². The average Bonchev–Trinajstić information content (AvgIpc) is 3.20. The monoisotopic (exact) mass is 392 g/mol. The maximum Gasteiger partial charge on any atom is 0.193 e. The summed E-state index contributed by atoms with van der Waals surface area (Å²) in [6, 6.07) is 21.8. The van der Waals surface area contributed by atoms with Crippen molar-refractivity contribution < 1.29 is 4.74 Å². The van der Waals surface area contributed by atoms with Gasteiger partial charge in [0.25, 0.3) is 0 Å². The number of morpholine rings is 1. The SMILES string of the molecule is CN=C(NCC(C)c1ccccc1)N1CC2OCCN(Cc3ccccc3)C2C1. The van der Waals surface area contributed by atoms with E-state index < -0.39 is 0 Å². The molecular weight excluding hydrogens is 360 g/mol. The molecule has 154 valence electrons. The molecule has 0 spiro atoms. The van der Waals surface area contributed by atoms with Gasteiger partial charge in [-0.3, -0.25) is 9.89 Å². The highest BCUT2D eigenvalue weighted by molar-refractivity contribution is 5.80. The van der Waals surface area contributed by atoms with Gasteiger partial charge < -0.3 is 15.0 Å². The Balaban J connectivity index is 1.36. The van der Waals surface area contributed by atoms with Gasteiger partial charge in [-0.2, -0.15) is 0 Å². The topological polar surface area (TPSA) is 40.1 Å². The molecule has 4 rings (SSSR count). The van der Waals surface area contributed by atoms with Crippen molar-refractivity contribution in [3.05, 3.63) is 71.8 Å². The summed E-state index contributed by atoms with van der Waals surface area (Å²) in [6.07, 6.45) is 0.248. The lowest BCUT2D eigenvalue weighted by molar-refractivity contribution is -0.0502. The van der Waals surface area contributed by atoms with Gasteiger partial charge in [-0.1, -0.05) is 67.6 Å². The Hall–Kier alpha value is -2.37. The molecule has 2 heterocycles. The predicted molar refractivity (Wildman–Crippen MR) is 118 cm³/mol. The molecule has 2 aliphatic rings. The Bertz CT molecular complexity index is 795. The summed E-state index contributed by atoms with van der Waals surface area (Å²) in [7, 11) is 1.88. The number of benzene rings is 2. The lowest BCUT2D eigenvalue weighted by atomic mass is 10.0. The highest BCUT2D eigenvalue weighted by Gasteiger charge is 2.41. The quantitative estimate of drug-likeness (QED) is 0.627. The largest absolute Gasteiger partial charge is 0.373 e. The van der Waals surface area contributed by atoms with Crippen molar-refractivity contribution in [2.24, 2.45) is 4.99 Å². The molecule has 0 amide bonds. The molecule has 2 aromatic carbocycles. The number of hydrogen-bond donors (Lipinski definition) is 1. The van der Waals surface area contributed by atoms with E-state index in [0.717, 1.165) is 45.3 Å². The van der Waals surface area contributed by atoms with Crippen molar-refractivity contribution in [3.8, 4) is 0 Å². The third kappa shape index (κ3) is 4.80. The van der Waals surface area contributed by atoms with Crippen LogP contribution in [-0.4, -0.2) is 67.7 Å². The summed E-state index contributed by atoms with van der Waals surface area (Å²) in [5.74, 6) is 1.41. The summed E-state index contributed by atoms with van der Waals surface area (Å²) in [5.41, 5.74) is 2.72. The van der Waals surface area contributed by atoms with Crippen molar-refractivity contribution in [3.63, 3.8) is 0 Å². The van der Waals surface area contributed by atoms with E-state index in [1.807, 2.05) is 7.05 Å². The molecule has 0 saturated carbocycles. The second-order valence-corrected chi connectivity index (χ2v) is 8.08. The van der Waals surface area contributed by atoms with Crippen LogP contribution in [0.25, 0.3) is 0 Å². The molecule has 0 aliphatic carbocycles. The van der Waals surface area contributed by atoms with Crippen molar-refractivity contribution >= 4 is 5.96 Å². The van der Waals surface area contributed by atoms with Crippen LogP contribution in [0.2, 0.25) is 0 Å². The van der Waals surface area contributed by atoms with E-state index in [9.17, 15) is 0 Å². The Morgan fingerprint density at radius 1 is 1.10 bits per heavy atom. The Morgan fingerprint density at radius 2 is 1.83 bits per heavy atom. The minimum Gasteiger partial charge on any atom is -0.373 e. The Kier molecular flexibility index (Phi) is 6.47. The number of hydrogen-bond acceptors (Lipinski definition) is 3. The highest BCUT2D eigenvalue weighted by atomic mass is 16.5. The first-order chi connectivity index (χ1) is 14.2. The molecule has 3 unspecified atom stereocenters. The van der Waals surface area contributed by atoms with Crippen LogP contribution in [-0.2, 0) is 11.3 Å². The van der Waals surface area contributed by atoms with E-state index in [1.54, 1.807) is 0 Å². The lowest BCUT2D eigenvalue weighted by Gasteiger charge is -2.36. The molecule has 0 aromatic heterocycles. The van der Waals surface area contributed by atoms with Crippen molar-refractivity contribution in [1.29, 1.82) is 0 Å². The van der Waals surface area contributed by atoms with Crippen LogP contribution in [0.5, 0.6) is 0 Å². The van der Waals surface area contributed by atoms with Crippen LogP contribution < -0.4 is 5.32 Å². The van der Waals surface area contributed by atoms with E-state index in [0.29, 0.717) is 12.0 Å². The minimum atomic E-state index is 0.248. The van der Waals surface area contributed by atoms with E-state index in [2.05, 4.69) is 87.7 Å². The summed E-state index contributed by atoms with van der Waals surface area (Å²) >= 11 is 0. The van der Waals surface area contributed by atoms with Gasteiger partial charge >= 0.3 is 0 Å². The van der Waals surface area contributed by atoms with Gasteiger partial charge in [0.1, 0.15) is 0 Å². The smallest absolute Gasteiger partial charge is 0.193 e. The molecule has 5 heteroatoms. The molecule has 0 bridgehead atoms. The molecule has 2 saturated heterocycles. The summed E-state index contributed by atoms with van der Waals surface area (Å²) in [5, 5.41) is 3.59. The normalized spacial score (nSPS) is 23.7. The number of nitrogens with zero attached hydrogens (tertiary/aromatic N) is 3. The zero-order chi connectivity index (χ0) is 20.1. The standard InChI is InChI=1S/C24H32N4O/c1-19(21-11-7-4-8-12-21)15-26-24(25-2)28-17-22-23(18-28)29-14-13-27(22)16-20-9-5-3-6-10-20/h3-12,19,22-23H,13-18H2,1-2H3,(H,25,26). The summed E-state index contributed by atoms with van der Waals surface area (Å²) < 4.78 is 6.12. The predicted octanol–water partition coefficient (Wildman–Crippen LogP) is 2.95. The zero-order valence-corrected chi connectivity index (χ0v) is 17.5. The fraction of sp³-hybridized carbons (Fsp3) is 0.458. The van der Waals surface area contributed by atoms with Gasteiger partial charge in [-0.05, 0) is 17.0 Å². The van der Waals surface area contributed by atoms with Gasteiger partial charge in [0, 0.05) is 39.8 Å². The van der Waals surface area contributed by atoms with Crippen molar-refractivity contribution in [2.75, 3.05) is 39.8 Å². The first-order valence-electron chi connectivity index (χ1n) is 10.6. The van der Waals surface area contributed by atoms with E-state index >= 15 is 0 Å². The molecule has 1 N–H and O–H groups in total. The zero-order valence-electron chi connectivity index (χ0n) is 17.5. The first-order valence-corrected chi connectivity index (χ1v) is 10.6. The number of aliphatic imine (C=N–C) groups is 1. The molecule has 0 radical (unpaired) electrons. The van der Waals surface area contributed by atoms with Gasteiger partial charge in [0.05, 0.1) is 18.8 Å². The number of guanidine groups is 1. The Morgan fingerprint density at radius 3 is 2.55 bits per heavy atom.